The van der Waals surface area contributed by atoms with Gasteiger partial charge in [-0.05, 0) is 50.7 Å². The van der Waals surface area contributed by atoms with Crippen LogP contribution in [0.3, 0.4) is 0 Å². The number of nitrogens with zero attached hydrogens (tertiary/aromatic N) is 1. The molecule has 0 fully saturated rings. The molecule has 68 valence electrons. The van der Waals surface area contributed by atoms with E-state index in [1.807, 2.05) is 12.1 Å². The summed E-state index contributed by atoms with van der Waals surface area (Å²) in [5.41, 5.74) is 0.976. The van der Waals surface area contributed by atoms with Crippen molar-refractivity contribution in [2.45, 2.75) is 0 Å². The van der Waals surface area contributed by atoms with E-state index in [0.29, 0.717) is 0 Å². The highest BCUT2D eigenvalue weighted by Gasteiger charge is 2.10. The number of aromatic amines is 1. The molecule has 0 saturated heterocycles. The number of methoxy groups -OCH3 is 1. The number of aromatic nitrogens is 2. The minimum absolute atomic E-state index is 0.844. The zero-order chi connectivity index (χ0) is 9.42. The molecule has 0 spiro atoms. The molecule has 5 heteroatoms. The smallest absolute Gasteiger partial charge is 0.134 e. The summed E-state index contributed by atoms with van der Waals surface area (Å²) >= 11 is 5.62. The molecule has 1 aromatic carbocycles. The number of hydrogen-bond acceptors (Lipinski definition) is 2. The summed E-state index contributed by atoms with van der Waals surface area (Å²) in [6, 6.07) is 3.86. The first-order chi connectivity index (χ1) is 6.24. The van der Waals surface area contributed by atoms with Crippen molar-refractivity contribution < 1.29 is 4.74 Å². The second-order valence-electron chi connectivity index (χ2n) is 2.51. The molecule has 0 amide bonds. The molecule has 13 heavy (non-hydrogen) atoms. The van der Waals surface area contributed by atoms with E-state index in [1.165, 1.54) is 0 Å². The van der Waals surface area contributed by atoms with E-state index in [-0.39, 0.29) is 0 Å². The highest BCUT2D eigenvalue weighted by atomic mass is 127. The number of ether oxygens (including phenoxy) is 1. The van der Waals surface area contributed by atoms with E-state index in [4.69, 9.17) is 4.74 Å². The Labute approximate surface area is 97.1 Å². The fourth-order valence-corrected chi connectivity index (χ4v) is 2.28. The van der Waals surface area contributed by atoms with E-state index in [0.717, 1.165) is 24.8 Å². The molecule has 1 heterocycles. The predicted molar refractivity (Wildman–Crippen MR) is 63.1 cm³/mol. The van der Waals surface area contributed by atoms with Crippen LogP contribution in [0, 0.1) is 3.70 Å². The number of hydrogen-bond donors (Lipinski definition) is 1. The van der Waals surface area contributed by atoms with Crippen LogP contribution < -0.4 is 4.74 Å². The molecule has 0 aliphatic carbocycles. The molecule has 0 saturated carbocycles. The van der Waals surface area contributed by atoms with Crippen molar-refractivity contribution in [1.82, 2.24) is 10.2 Å². The second kappa shape index (κ2) is 3.45. The Kier molecular flexibility index (Phi) is 2.46. The normalized spacial score (nSPS) is 10.7. The Bertz CT molecular complexity index is 455. The van der Waals surface area contributed by atoms with Crippen molar-refractivity contribution in [3.63, 3.8) is 0 Å². The van der Waals surface area contributed by atoms with Crippen molar-refractivity contribution in [3.05, 3.63) is 20.3 Å². The summed E-state index contributed by atoms with van der Waals surface area (Å²) in [6.07, 6.45) is 0. The van der Waals surface area contributed by atoms with Crippen LogP contribution in [0.15, 0.2) is 16.6 Å². The minimum Gasteiger partial charge on any atom is -0.496 e. The zero-order valence-corrected chi connectivity index (χ0v) is 10.5. The molecular weight excluding hydrogens is 347 g/mol. The van der Waals surface area contributed by atoms with Crippen LogP contribution in [0.5, 0.6) is 5.75 Å². The summed E-state index contributed by atoms with van der Waals surface area (Å²) in [5, 5.41) is 8.09. The van der Waals surface area contributed by atoms with Crippen LogP contribution in [0.1, 0.15) is 0 Å². The number of halogens is 2. The average Bonchev–Trinajstić information content (AvgIpc) is 2.51. The van der Waals surface area contributed by atoms with Crippen molar-refractivity contribution in [2.24, 2.45) is 0 Å². The van der Waals surface area contributed by atoms with E-state index in [2.05, 4.69) is 48.7 Å². The lowest BCUT2D eigenvalue weighted by Gasteiger charge is -2.01. The predicted octanol–water partition coefficient (Wildman–Crippen LogP) is 2.94. The van der Waals surface area contributed by atoms with Gasteiger partial charge >= 0.3 is 0 Å². The highest BCUT2D eigenvalue weighted by Crippen LogP contribution is 2.32. The first kappa shape index (κ1) is 9.26. The lowest BCUT2D eigenvalue weighted by Crippen LogP contribution is -1.84. The standard InChI is InChI=1S/C8H6BrIN2O/c1-13-5-3-2-4(9)7-6(5)8(10)12-11-7/h2-3H,1H3,(H,11,12). The van der Waals surface area contributed by atoms with Gasteiger partial charge in [-0.3, -0.25) is 5.10 Å². The van der Waals surface area contributed by atoms with Gasteiger partial charge in [0, 0.05) is 4.47 Å². The third-order valence-corrected chi connectivity index (χ3v) is 3.25. The van der Waals surface area contributed by atoms with Gasteiger partial charge in [0.25, 0.3) is 0 Å². The molecule has 0 aliphatic rings. The summed E-state index contributed by atoms with van der Waals surface area (Å²) in [7, 11) is 1.66. The molecule has 0 atom stereocenters. The fourth-order valence-electron chi connectivity index (χ4n) is 1.20. The first-order valence-corrected chi connectivity index (χ1v) is 5.47. The average molecular weight is 353 g/mol. The quantitative estimate of drug-likeness (QED) is 0.801. The molecular formula is C8H6BrIN2O. The van der Waals surface area contributed by atoms with Crippen LogP contribution in [-0.4, -0.2) is 17.3 Å². The van der Waals surface area contributed by atoms with Crippen molar-refractivity contribution in [3.8, 4) is 5.75 Å². The van der Waals surface area contributed by atoms with E-state index >= 15 is 0 Å². The number of H-pyrrole nitrogens is 1. The van der Waals surface area contributed by atoms with Gasteiger partial charge < -0.3 is 4.74 Å². The molecule has 0 radical (unpaired) electrons. The van der Waals surface area contributed by atoms with Gasteiger partial charge in [0.2, 0.25) is 0 Å². The number of benzene rings is 1. The molecule has 2 aromatic rings. The van der Waals surface area contributed by atoms with Gasteiger partial charge in [-0.1, -0.05) is 0 Å². The number of fused-ring (bicyclic) bond motifs is 1. The molecule has 3 nitrogen and oxygen atoms in total. The van der Waals surface area contributed by atoms with Crippen molar-refractivity contribution in [2.75, 3.05) is 7.11 Å². The first-order valence-electron chi connectivity index (χ1n) is 3.60. The number of nitrogens with one attached hydrogen (secondary N) is 1. The summed E-state index contributed by atoms with van der Waals surface area (Å²) in [4.78, 5) is 0. The third kappa shape index (κ3) is 1.43. The Morgan fingerprint density at radius 1 is 1.54 bits per heavy atom. The maximum Gasteiger partial charge on any atom is 0.134 e. The van der Waals surface area contributed by atoms with Crippen LogP contribution in [0.4, 0.5) is 0 Å². The Morgan fingerprint density at radius 2 is 2.31 bits per heavy atom. The molecule has 0 aliphatic heterocycles. The largest absolute Gasteiger partial charge is 0.496 e. The summed E-state index contributed by atoms with van der Waals surface area (Å²) in [6.45, 7) is 0. The second-order valence-corrected chi connectivity index (χ2v) is 4.39. The number of rotatable bonds is 1. The molecule has 1 aromatic heterocycles. The van der Waals surface area contributed by atoms with E-state index < -0.39 is 0 Å². The van der Waals surface area contributed by atoms with Crippen molar-refractivity contribution in [1.29, 1.82) is 0 Å². The van der Waals surface area contributed by atoms with Gasteiger partial charge in [-0.15, -0.1) is 0 Å². The lowest BCUT2D eigenvalue weighted by molar-refractivity contribution is 0.419. The molecule has 2 rings (SSSR count). The third-order valence-electron chi connectivity index (χ3n) is 1.81. The molecule has 0 bridgehead atoms. The maximum atomic E-state index is 5.24. The minimum atomic E-state index is 0.844. The SMILES string of the molecule is COc1ccc(Br)c2[nH]nc(I)c12. The molecule has 0 unspecified atom stereocenters. The lowest BCUT2D eigenvalue weighted by atomic mass is 10.2. The molecule has 1 N–H and O–H groups in total. The summed E-state index contributed by atoms with van der Waals surface area (Å²) in [5.74, 6) is 0.844. The van der Waals surface area contributed by atoms with Crippen LogP contribution >= 0.6 is 38.5 Å². The van der Waals surface area contributed by atoms with Crippen molar-refractivity contribution >= 4 is 49.4 Å². The van der Waals surface area contributed by atoms with Gasteiger partial charge in [0.05, 0.1) is 18.0 Å². The fraction of sp³-hybridized carbons (Fsp3) is 0.125. The van der Waals surface area contributed by atoms with Crippen LogP contribution in [-0.2, 0) is 0 Å². The summed E-state index contributed by atoms with van der Waals surface area (Å²) < 4.78 is 7.16. The van der Waals surface area contributed by atoms with Gasteiger partial charge in [-0.25, -0.2) is 0 Å². The van der Waals surface area contributed by atoms with Gasteiger partial charge in [0.1, 0.15) is 9.45 Å². The zero-order valence-electron chi connectivity index (χ0n) is 6.77. The van der Waals surface area contributed by atoms with E-state index in [1.54, 1.807) is 7.11 Å². The Balaban J connectivity index is 2.88. The van der Waals surface area contributed by atoms with E-state index in [9.17, 15) is 0 Å². The van der Waals surface area contributed by atoms with Crippen LogP contribution in [0.2, 0.25) is 0 Å². The topological polar surface area (TPSA) is 37.9 Å². The van der Waals surface area contributed by atoms with Gasteiger partial charge in [0.15, 0.2) is 0 Å². The monoisotopic (exact) mass is 352 g/mol. The van der Waals surface area contributed by atoms with Crippen LogP contribution in [0.25, 0.3) is 10.9 Å². The Hall–Kier alpha value is -0.300. The Morgan fingerprint density at radius 3 is 3.00 bits per heavy atom. The highest BCUT2D eigenvalue weighted by molar-refractivity contribution is 14.1. The van der Waals surface area contributed by atoms with Gasteiger partial charge in [-0.2, -0.15) is 5.10 Å². The maximum absolute atomic E-state index is 5.24.